The van der Waals surface area contributed by atoms with Crippen LogP contribution in [0.2, 0.25) is 0 Å². The van der Waals surface area contributed by atoms with Crippen LogP contribution < -0.4 is 5.32 Å². The molecule has 0 radical (unpaired) electrons. The molecular formula is C21H25NO3. The van der Waals surface area contributed by atoms with E-state index in [9.17, 15) is 14.7 Å². The largest absolute Gasteiger partial charge is 0.481 e. The lowest BCUT2D eigenvalue weighted by molar-refractivity contribution is -0.141. The minimum absolute atomic E-state index is 0.0269. The van der Waals surface area contributed by atoms with Crippen molar-refractivity contribution < 1.29 is 14.7 Å². The molecule has 0 aromatic heterocycles. The van der Waals surface area contributed by atoms with Crippen LogP contribution in [0.4, 0.5) is 0 Å². The average molecular weight is 339 g/mol. The van der Waals surface area contributed by atoms with Crippen molar-refractivity contribution in [3.05, 3.63) is 71.3 Å². The van der Waals surface area contributed by atoms with Gasteiger partial charge in [0.1, 0.15) is 0 Å². The highest BCUT2D eigenvalue weighted by molar-refractivity contribution is 5.94. The number of carbonyl (C=O) groups is 2. The standard InChI is InChI=1S/C21H25NO3/c1-21(2,3)18-11-9-16(10-12-18)19(23)22-14-17(20(24)25)13-15-7-5-4-6-8-15/h4-12,17H,13-14H2,1-3H3,(H,22,23)(H,24,25)/t17-/m0/s1. The fraction of sp³-hybridized carbons (Fsp3) is 0.333. The van der Waals surface area contributed by atoms with Gasteiger partial charge in [0.15, 0.2) is 0 Å². The molecule has 0 unspecified atom stereocenters. The molecule has 0 aliphatic heterocycles. The lowest BCUT2D eigenvalue weighted by atomic mass is 9.86. The number of rotatable bonds is 6. The molecule has 0 bridgehead atoms. The Bertz CT molecular complexity index is 715. The van der Waals surface area contributed by atoms with Gasteiger partial charge in [0.05, 0.1) is 5.92 Å². The molecule has 2 N–H and O–H groups in total. The first-order valence-corrected chi connectivity index (χ1v) is 8.43. The minimum atomic E-state index is -0.910. The van der Waals surface area contributed by atoms with Gasteiger partial charge in [-0.25, -0.2) is 0 Å². The van der Waals surface area contributed by atoms with Gasteiger partial charge in [0.25, 0.3) is 5.91 Å². The van der Waals surface area contributed by atoms with Gasteiger partial charge in [-0.2, -0.15) is 0 Å². The maximum absolute atomic E-state index is 12.3. The summed E-state index contributed by atoms with van der Waals surface area (Å²) in [6, 6.07) is 16.9. The van der Waals surface area contributed by atoms with E-state index in [0.29, 0.717) is 12.0 Å². The molecule has 0 spiro atoms. The molecule has 25 heavy (non-hydrogen) atoms. The van der Waals surface area contributed by atoms with Crippen LogP contribution in [0.25, 0.3) is 0 Å². The van der Waals surface area contributed by atoms with Crippen molar-refractivity contribution in [2.75, 3.05) is 6.54 Å². The van der Waals surface area contributed by atoms with Crippen molar-refractivity contribution in [1.82, 2.24) is 5.32 Å². The van der Waals surface area contributed by atoms with Crippen molar-refractivity contribution in [2.45, 2.75) is 32.6 Å². The molecule has 132 valence electrons. The summed E-state index contributed by atoms with van der Waals surface area (Å²) in [5, 5.41) is 12.1. The van der Waals surface area contributed by atoms with Crippen LogP contribution in [0.3, 0.4) is 0 Å². The van der Waals surface area contributed by atoms with E-state index in [0.717, 1.165) is 11.1 Å². The number of nitrogens with one attached hydrogen (secondary N) is 1. The maximum Gasteiger partial charge on any atom is 0.308 e. The molecule has 0 heterocycles. The number of amides is 1. The predicted molar refractivity (Wildman–Crippen MR) is 98.7 cm³/mol. The van der Waals surface area contributed by atoms with Crippen molar-refractivity contribution in [1.29, 1.82) is 0 Å². The fourth-order valence-electron chi connectivity index (χ4n) is 2.58. The second kappa shape index (κ2) is 7.97. The number of hydrogen-bond donors (Lipinski definition) is 2. The van der Waals surface area contributed by atoms with E-state index >= 15 is 0 Å². The topological polar surface area (TPSA) is 66.4 Å². The molecule has 0 saturated heterocycles. The molecule has 2 aromatic carbocycles. The van der Waals surface area contributed by atoms with Crippen molar-refractivity contribution >= 4 is 11.9 Å². The average Bonchev–Trinajstić information content (AvgIpc) is 2.58. The third-order valence-corrected chi connectivity index (χ3v) is 4.20. The first-order valence-electron chi connectivity index (χ1n) is 8.43. The summed E-state index contributed by atoms with van der Waals surface area (Å²) in [6.45, 7) is 6.44. The van der Waals surface area contributed by atoms with E-state index in [-0.39, 0.29) is 17.9 Å². The van der Waals surface area contributed by atoms with Crippen molar-refractivity contribution in [2.24, 2.45) is 5.92 Å². The summed E-state index contributed by atoms with van der Waals surface area (Å²) >= 11 is 0. The van der Waals surface area contributed by atoms with E-state index < -0.39 is 11.9 Å². The Kier molecular flexibility index (Phi) is 5.97. The molecule has 1 amide bonds. The summed E-state index contributed by atoms with van der Waals surface area (Å²) < 4.78 is 0. The molecule has 0 fully saturated rings. The molecule has 4 nitrogen and oxygen atoms in total. The Labute approximate surface area is 148 Å². The van der Waals surface area contributed by atoms with Crippen LogP contribution in [0, 0.1) is 5.92 Å². The number of benzene rings is 2. The number of carboxylic acids is 1. The Morgan fingerprint density at radius 2 is 1.60 bits per heavy atom. The minimum Gasteiger partial charge on any atom is -0.481 e. The summed E-state index contributed by atoms with van der Waals surface area (Å²) in [5.41, 5.74) is 2.66. The zero-order valence-corrected chi connectivity index (χ0v) is 15.0. The van der Waals surface area contributed by atoms with Gasteiger partial charge in [-0.15, -0.1) is 0 Å². The second-order valence-corrected chi connectivity index (χ2v) is 7.26. The first-order chi connectivity index (χ1) is 11.8. The Morgan fingerprint density at radius 3 is 2.12 bits per heavy atom. The number of hydrogen-bond acceptors (Lipinski definition) is 2. The molecule has 2 aromatic rings. The quantitative estimate of drug-likeness (QED) is 0.844. The number of carbonyl (C=O) groups excluding carboxylic acids is 1. The maximum atomic E-state index is 12.3. The Hall–Kier alpha value is -2.62. The highest BCUT2D eigenvalue weighted by atomic mass is 16.4. The lowest BCUT2D eigenvalue weighted by Gasteiger charge is -2.19. The van der Waals surface area contributed by atoms with Gasteiger partial charge in [-0.05, 0) is 35.1 Å². The predicted octanol–water partition coefficient (Wildman–Crippen LogP) is 3.66. The van der Waals surface area contributed by atoms with Gasteiger partial charge in [-0.3, -0.25) is 9.59 Å². The summed E-state index contributed by atoms with van der Waals surface area (Å²) in [6.07, 6.45) is 0.388. The van der Waals surface area contributed by atoms with Crippen LogP contribution in [-0.2, 0) is 16.6 Å². The van der Waals surface area contributed by atoms with Gasteiger partial charge >= 0.3 is 5.97 Å². The monoisotopic (exact) mass is 339 g/mol. The highest BCUT2D eigenvalue weighted by Crippen LogP contribution is 2.22. The zero-order valence-electron chi connectivity index (χ0n) is 15.0. The smallest absolute Gasteiger partial charge is 0.308 e. The van der Waals surface area contributed by atoms with Crippen LogP contribution in [0.15, 0.2) is 54.6 Å². The van der Waals surface area contributed by atoms with E-state index in [4.69, 9.17) is 0 Å². The molecule has 0 aliphatic carbocycles. The molecular weight excluding hydrogens is 314 g/mol. The first kappa shape index (κ1) is 18.7. The van der Waals surface area contributed by atoms with Gasteiger partial charge in [0, 0.05) is 12.1 Å². The van der Waals surface area contributed by atoms with E-state index in [1.807, 2.05) is 42.5 Å². The van der Waals surface area contributed by atoms with Crippen LogP contribution in [0.5, 0.6) is 0 Å². The normalized spacial score (nSPS) is 12.4. The van der Waals surface area contributed by atoms with Gasteiger partial charge < -0.3 is 10.4 Å². The molecule has 0 aliphatic rings. The third-order valence-electron chi connectivity index (χ3n) is 4.20. The SMILES string of the molecule is CC(C)(C)c1ccc(C(=O)NC[C@H](Cc2ccccc2)C(=O)O)cc1. The molecule has 0 saturated carbocycles. The van der Waals surface area contributed by atoms with E-state index in [2.05, 4.69) is 26.1 Å². The molecule has 4 heteroatoms. The van der Waals surface area contributed by atoms with Crippen molar-refractivity contribution in [3.63, 3.8) is 0 Å². The fourth-order valence-corrected chi connectivity index (χ4v) is 2.58. The summed E-state index contributed by atoms with van der Waals surface area (Å²) in [7, 11) is 0. The zero-order chi connectivity index (χ0) is 18.4. The summed E-state index contributed by atoms with van der Waals surface area (Å²) in [5.74, 6) is -1.81. The second-order valence-electron chi connectivity index (χ2n) is 7.26. The third kappa shape index (κ3) is 5.45. The van der Waals surface area contributed by atoms with Crippen molar-refractivity contribution in [3.8, 4) is 0 Å². The van der Waals surface area contributed by atoms with Crippen LogP contribution in [-0.4, -0.2) is 23.5 Å². The Morgan fingerprint density at radius 1 is 1.00 bits per heavy atom. The lowest BCUT2D eigenvalue weighted by Crippen LogP contribution is -2.34. The van der Waals surface area contributed by atoms with Crippen LogP contribution >= 0.6 is 0 Å². The van der Waals surface area contributed by atoms with E-state index in [1.165, 1.54) is 0 Å². The molecule has 2 rings (SSSR count). The molecule has 1 atom stereocenters. The highest BCUT2D eigenvalue weighted by Gasteiger charge is 2.20. The van der Waals surface area contributed by atoms with Crippen LogP contribution in [0.1, 0.15) is 42.3 Å². The number of aliphatic carboxylic acids is 1. The Balaban J connectivity index is 1.98. The summed E-state index contributed by atoms with van der Waals surface area (Å²) in [4.78, 5) is 23.7. The number of carboxylic acid groups (broad SMARTS) is 1. The van der Waals surface area contributed by atoms with E-state index in [1.54, 1.807) is 12.1 Å². The van der Waals surface area contributed by atoms with Gasteiger partial charge in [0.2, 0.25) is 0 Å². The van der Waals surface area contributed by atoms with Gasteiger partial charge in [-0.1, -0.05) is 63.2 Å².